The summed E-state index contributed by atoms with van der Waals surface area (Å²) in [5.74, 6) is 0.627. The maximum atomic E-state index is 2.57. The molecule has 21 heavy (non-hydrogen) atoms. The predicted molar refractivity (Wildman–Crippen MR) is 97.9 cm³/mol. The van der Waals surface area contributed by atoms with Crippen LogP contribution in [0.15, 0.2) is 40.1 Å². The molecule has 0 nitrogen and oxygen atoms in total. The minimum absolute atomic E-state index is 0.627. The Kier molecular flexibility index (Phi) is 4.35. The summed E-state index contributed by atoms with van der Waals surface area (Å²) in [5.41, 5.74) is 7.51. The van der Waals surface area contributed by atoms with Gasteiger partial charge in [0.05, 0.1) is 0 Å². The SMILES string of the molecule is CC[Si](C)(C1=C(C)C(C)=C(C)C1C)c1cc(C)cc(C)c1. The highest BCUT2D eigenvalue weighted by molar-refractivity contribution is 6.97. The normalized spacial score (nSPS) is 22.0. The summed E-state index contributed by atoms with van der Waals surface area (Å²) in [6.07, 6.45) is 0. The van der Waals surface area contributed by atoms with Gasteiger partial charge in [0.2, 0.25) is 0 Å². The van der Waals surface area contributed by atoms with Gasteiger partial charge in [-0.05, 0) is 46.1 Å². The van der Waals surface area contributed by atoms with Crippen LogP contribution in [0.4, 0.5) is 0 Å². The lowest BCUT2D eigenvalue weighted by Crippen LogP contribution is -2.48. The summed E-state index contributed by atoms with van der Waals surface area (Å²) in [6.45, 7) is 18.8. The first kappa shape index (κ1) is 16.3. The van der Waals surface area contributed by atoms with Crippen molar-refractivity contribution in [2.45, 2.75) is 61.1 Å². The highest BCUT2D eigenvalue weighted by Crippen LogP contribution is 2.42. The average molecular weight is 299 g/mol. The van der Waals surface area contributed by atoms with E-state index in [4.69, 9.17) is 0 Å². The van der Waals surface area contributed by atoms with Gasteiger partial charge >= 0.3 is 0 Å². The molecule has 0 amide bonds. The van der Waals surface area contributed by atoms with E-state index < -0.39 is 8.07 Å². The molecule has 0 aliphatic heterocycles. The average Bonchev–Trinajstić information content (AvgIpc) is 2.61. The Morgan fingerprint density at radius 3 is 1.81 bits per heavy atom. The molecule has 0 fully saturated rings. The van der Waals surface area contributed by atoms with Gasteiger partial charge in [-0.25, -0.2) is 0 Å². The standard InChI is InChI=1S/C20H30Si/c1-9-21(8,19-11-13(2)10-14(3)12-19)20-17(6)15(4)16(5)18(20)7/h10-12,17H,9H2,1-8H3. The molecule has 0 radical (unpaired) electrons. The summed E-state index contributed by atoms with van der Waals surface area (Å²) in [6, 6.07) is 8.47. The van der Waals surface area contributed by atoms with Crippen LogP contribution in [0.25, 0.3) is 0 Å². The molecule has 114 valence electrons. The van der Waals surface area contributed by atoms with Crippen molar-refractivity contribution in [2.75, 3.05) is 0 Å². The topological polar surface area (TPSA) is 0 Å². The van der Waals surface area contributed by atoms with Gasteiger partial charge in [-0.2, -0.15) is 0 Å². The quantitative estimate of drug-likeness (QED) is 0.651. The lowest BCUT2D eigenvalue weighted by Gasteiger charge is -2.33. The van der Waals surface area contributed by atoms with Gasteiger partial charge in [-0.3, -0.25) is 0 Å². The number of aryl methyl sites for hydroxylation is 2. The molecule has 0 bridgehead atoms. The molecule has 1 aromatic rings. The van der Waals surface area contributed by atoms with E-state index in [2.05, 4.69) is 73.2 Å². The molecule has 1 aliphatic carbocycles. The molecule has 0 aromatic heterocycles. The van der Waals surface area contributed by atoms with Crippen molar-refractivity contribution in [2.24, 2.45) is 5.92 Å². The highest BCUT2D eigenvalue weighted by atomic mass is 28.3. The zero-order valence-electron chi connectivity index (χ0n) is 15.0. The van der Waals surface area contributed by atoms with Gasteiger partial charge in [0, 0.05) is 0 Å². The lowest BCUT2D eigenvalue weighted by molar-refractivity contribution is 0.847. The van der Waals surface area contributed by atoms with Crippen molar-refractivity contribution < 1.29 is 0 Å². The van der Waals surface area contributed by atoms with E-state index in [1.807, 2.05) is 0 Å². The van der Waals surface area contributed by atoms with E-state index in [-0.39, 0.29) is 0 Å². The van der Waals surface area contributed by atoms with Crippen LogP contribution in [-0.4, -0.2) is 8.07 Å². The molecule has 0 saturated carbocycles. The lowest BCUT2D eigenvalue weighted by atomic mass is 10.1. The van der Waals surface area contributed by atoms with E-state index in [0.717, 1.165) is 0 Å². The van der Waals surface area contributed by atoms with Crippen molar-refractivity contribution in [3.8, 4) is 0 Å². The molecule has 0 N–H and O–H groups in total. The van der Waals surface area contributed by atoms with Gasteiger partial charge in [0.1, 0.15) is 8.07 Å². The van der Waals surface area contributed by atoms with Gasteiger partial charge in [-0.1, -0.05) is 77.3 Å². The van der Waals surface area contributed by atoms with E-state index >= 15 is 0 Å². The summed E-state index contributed by atoms with van der Waals surface area (Å²) in [4.78, 5) is 0. The molecular formula is C20H30Si. The molecule has 2 atom stereocenters. The first-order chi connectivity index (χ1) is 9.72. The first-order valence-corrected chi connectivity index (χ1v) is 10.9. The maximum Gasteiger partial charge on any atom is 0.111 e. The third-order valence-electron chi connectivity index (χ3n) is 5.80. The zero-order chi connectivity index (χ0) is 15.9. The Balaban J connectivity index is 2.63. The van der Waals surface area contributed by atoms with Crippen LogP contribution in [0.2, 0.25) is 12.6 Å². The number of hydrogen-bond donors (Lipinski definition) is 0. The Labute approximate surface area is 132 Å². The van der Waals surface area contributed by atoms with E-state index in [9.17, 15) is 0 Å². The van der Waals surface area contributed by atoms with E-state index in [1.165, 1.54) is 22.7 Å². The number of rotatable bonds is 3. The van der Waals surface area contributed by atoms with Crippen LogP contribution in [0.5, 0.6) is 0 Å². The largest absolute Gasteiger partial charge is 0.111 e. The fourth-order valence-corrected chi connectivity index (χ4v) is 8.48. The second-order valence-corrected chi connectivity index (χ2v) is 11.6. The monoisotopic (exact) mass is 298 g/mol. The number of hydrogen-bond acceptors (Lipinski definition) is 0. The van der Waals surface area contributed by atoms with Gasteiger partial charge in [-0.15, -0.1) is 0 Å². The number of allylic oxidation sites excluding steroid dienone is 4. The summed E-state index contributed by atoms with van der Waals surface area (Å²) in [5, 5.41) is 3.39. The van der Waals surface area contributed by atoms with Crippen LogP contribution in [0.1, 0.15) is 45.7 Å². The molecule has 2 unspecified atom stereocenters. The van der Waals surface area contributed by atoms with Crippen LogP contribution in [0.3, 0.4) is 0 Å². The fourth-order valence-electron chi connectivity index (χ4n) is 4.10. The maximum absolute atomic E-state index is 2.57. The Morgan fingerprint density at radius 2 is 1.43 bits per heavy atom. The van der Waals surface area contributed by atoms with Crippen molar-refractivity contribution in [3.63, 3.8) is 0 Å². The smallest absolute Gasteiger partial charge is 0.0672 e. The predicted octanol–water partition coefficient (Wildman–Crippen LogP) is 5.45. The zero-order valence-corrected chi connectivity index (χ0v) is 16.0. The molecule has 0 spiro atoms. The van der Waals surface area contributed by atoms with Crippen LogP contribution in [0, 0.1) is 19.8 Å². The van der Waals surface area contributed by atoms with Crippen molar-refractivity contribution in [3.05, 3.63) is 51.2 Å². The summed E-state index contributed by atoms with van der Waals surface area (Å²) >= 11 is 0. The van der Waals surface area contributed by atoms with Gasteiger partial charge in [0.25, 0.3) is 0 Å². The van der Waals surface area contributed by atoms with Crippen LogP contribution < -0.4 is 5.19 Å². The minimum Gasteiger partial charge on any atom is -0.0672 e. The van der Waals surface area contributed by atoms with Crippen molar-refractivity contribution in [1.82, 2.24) is 0 Å². The Morgan fingerprint density at radius 1 is 0.905 bits per heavy atom. The highest BCUT2D eigenvalue weighted by Gasteiger charge is 2.39. The Bertz CT molecular complexity index is 613. The summed E-state index contributed by atoms with van der Waals surface area (Å²) in [7, 11) is -1.60. The van der Waals surface area contributed by atoms with Crippen LogP contribution >= 0.6 is 0 Å². The van der Waals surface area contributed by atoms with E-state index in [1.54, 1.807) is 21.5 Å². The molecule has 0 saturated heterocycles. The Hall–Kier alpha value is -1.08. The third-order valence-corrected chi connectivity index (χ3v) is 10.8. The van der Waals surface area contributed by atoms with Crippen LogP contribution in [-0.2, 0) is 0 Å². The molecule has 1 heteroatoms. The molecular weight excluding hydrogens is 268 g/mol. The molecule has 0 heterocycles. The van der Waals surface area contributed by atoms with Gasteiger partial charge in [0.15, 0.2) is 0 Å². The van der Waals surface area contributed by atoms with Crippen molar-refractivity contribution >= 4 is 13.3 Å². The molecule has 1 aliphatic rings. The summed E-state index contributed by atoms with van der Waals surface area (Å²) < 4.78 is 0. The third kappa shape index (κ3) is 2.57. The fraction of sp³-hybridized carbons (Fsp3) is 0.500. The van der Waals surface area contributed by atoms with Gasteiger partial charge < -0.3 is 0 Å². The molecule has 2 rings (SSSR count). The first-order valence-electron chi connectivity index (χ1n) is 8.20. The minimum atomic E-state index is -1.60. The second kappa shape index (κ2) is 5.60. The molecule has 1 aromatic carbocycles. The number of benzene rings is 1. The second-order valence-electron chi connectivity index (χ2n) is 7.13. The van der Waals surface area contributed by atoms with E-state index in [0.29, 0.717) is 5.92 Å². The van der Waals surface area contributed by atoms with Crippen molar-refractivity contribution in [1.29, 1.82) is 0 Å².